The molecule has 3 N–H and O–H groups in total. The highest BCUT2D eigenvalue weighted by Crippen LogP contribution is 2.34. The van der Waals surface area contributed by atoms with Gasteiger partial charge in [0.1, 0.15) is 5.76 Å². The van der Waals surface area contributed by atoms with Gasteiger partial charge in [0.25, 0.3) is 0 Å². The van der Waals surface area contributed by atoms with Crippen LogP contribution in [0.2, 0.25) is 0 Å². The Kier molecular flexibility index (Phi) is 2.49. The third-order valence-corrected chi connectivity index (χ3v) is 3.51. The molecule has 0 aliphatic carbocycles. The Hall–Kier alpha value is -2.00. The molecule has 3 nitrogen and oxygen atoms in total. The molecule has 0 radical (unpaired) electrons. The summed E-state index contributed by atoms with van der Waals surface area (Å²) in [5, 5.41) is 1.24. The van der Waals surface area contributed by atoms with Crippen LogP contribution in [0.15, 0.2) is 35.1 Å². The molecule has 0 aliphatic heterocycles. The van der Waals surface area contributed by atoms with Gasteiger partial charge in [0, 0.05) is 40.3 Å². The minimum atomic E-state index is 0.496. The number of H-pyrrole nitrogens is 1. The second-order valence-corrected chi connectivity index (χ2v) is 4.59. The average molecular weight is 240 g/mol. The summed E-state index contributed by atoms with van der Waals surface area (Å²) in [6.45, 7) is 4.57. The fourth-order valence-corrected chi connectivity index (χ4v) is 2.54. The highest BCUT2D eigenvalue weighted by Gasteiger charge is 2.15. The molecule has 3 aromatic rings. The Bertz CT molecular complexity index is 706. The third kappa shape index (κ3) is 1.48. The molecule has 18 heavy (non-hydrogen) atoms. The molecule has 1 aromatic carbocycles. The number of furan rings is 1. The Morgan fingerprint density at radius 2 is 2.06 bits per heavy atom. The number of aromatic amines is 1. The largest absolute Gasteiger partial charge is 0.469 e. The van der Waals surface area contributed by atoms with Crippen molar-refractivity contribution >= 4 is 10.9 Å². The summed E-state index contributed by atoms with van der Waals surface area (Å²) in [7, 11) is 0. The van der Waals surface area contributed by atoms with Gasteiger partial charge in [0.15, 0.2) is 0 Å². The van der Waals surface area contributed by atoms with Gasteiger partial charge in [-0.1, -0.05) is 12.1 Å². The first-order chi connectivity index (χ1) is 8.72. The molecule has 92 valence electrons. The van der Waals surface area contributed by atoms with Gasteiger partial charge in [-0.05, 0) is 25.5 Å². The van der Waals surface area contributed by atoms with E-state index in [0.29, 0.717) is 6.54 Å². The lowest BCUT2D eigenvalue weighted by Crippen LogP contribution is -1.98. The highest BCUT2D eigenvalue weighted by atomic mass is 16.3. The molecule has 0 aliphatic rings. The van der Waals surface area contributed by atoms with E-state index < -0.39 is 0 Å². The molecule has 3 heteroatoms. The quantitative estimate of drug-likeness (QED) is 0.720. The van der Waals surface area contributed by atoms with E-state index in [4.69, 9.17) is 10.2 Å². The Labute approximate surface area is 106 Å². The predicted molar refractivity (Wildman–Crippen MR) is 73.4 cm³/mol. The van der Waals surface area contributed by atoms with Gasteiger partial charge in [0.05, 0.1) is 6.26 Å². The van der Waals surface area contributed by atoms with Crippen LogP contribution in [0.1, 0.15) is 16.9 Å². The second kappa shape index (κ2) is 4.03. The minimum absolute atomic E-state index is 0.496. The number of fused-ring (bicyclic) bond motifs is 1. The molecular formula is C15H16N2O. The second-order valence-electron chi connectivity index (χ2n) is 4.59. The number of aryl methyl sites for hydroxylation is 2. The molecule has 0 fully saturated rings. The van der Waals surface area contributed by atoms with Gasteiger partial charge < -0.3 is 15.1 Å². The maximum absolute atomic E-state index is 5.81. The number of nitrogens with two attached hydrogens (primary N) is 1. The molecule has 0 spiro atoms. The fraction of sp³-hybridized carbons (Fsp3) is 0.200. The summed E-state index contributed by atoms with van der Waals surface area (Å²) in [5.74, 6) is 0.899. The minimum Gasteiger partial charge on any atom is -0.469 e. The highest BCUT2D eigenvalue weighted by molar-refractivity contribution is 5.98. The Balaban J connectivity index is 2.32. The third-order valence-electron chi connectivity index (χ3n) is 3.51. The smallest absolute Gasteiger partial charge is 0.105 e. The van der Waals surface area contributed by atoms with Crippen LogP contribution in [-0.4, -0.2) is 4.98 Å². The molecule has 0 bridgehead atoms. The normalized spacial score (nSPS) is 11.3. The van der Waals surface area contributed by atoms with Crippen LogP contribution in [0, 0.1) is 13.8 Å². The molecule has 0 saturated carbocycles. The summed E-state index contributed by atoms with van der Waals surface area (Å²) in [4.78, 5) is 3.31. The van der Waals surface area contributed by atoms with Crippen molar-refractivity contribution in [3.63, 3.8) is 0 Å². The van der Waals surface area contributed by atoms with Gasteiger partial charge in [-0.3, -0.25) is 0 Å². The van der Waals surface area contributed by atoms with Gasteiger partial charge >= 0.3 is 0 Å². The summed E-state index contributed by atoms with van der Waals surface area (Å²) < 4.78 is 5.51. The maximum atomic E-state index is 5.81. The van der Waals surface area contributed by atoms with Crippen molar-refractivity contribution in [3.05, 3.63) is 47.5 Å². The van der Waals surface area contributed by atoms with Crippen LogP contribution in [0.25, 0.3) is 22.0 Å². The van der Waals surface area contributed by atoms with E-state index in [0.717, 1.165) is 22.4 Å². The van der Waals surface area contributed by atoms with Crippen molar-refractivity contribution in [2.24, 2.45) is 5.73 Å². The SMILES string of the molecule is Cc1occ(-c2c[nH]c3cccc(C)c23)c1CN. The first-order valence-corrected chi connectivity index (χ1v) is 6.06. The number of rotatable bonds is 2. The predicted octanol–water partition coefficient (Wildman–Crippen LogP) is 3.50. The fourth-order valence-electron chi connectivity index (χ4n) is 2.54. The first kappa shape index (κ1) is 11.1. The summed E-state index contributed by atoms with van der Waals surface area (Å²) >= 11 is 0. The van der Waals surface area contributed by atoms with Crippen molar-refractivity contribution in [2.45, 2.75) is 20.4 Å². The Morgan fingerprint density at radius 1 is 1.22 bits per heavy atom. The standard InChI is InChI=1S/C15H16N2O/c1-9-4-3-5-14-15(9)12(7-17-14)13-8-18-10(2)11(13)6-16/h3-5,7-8,17H,6,16H2,1-2H3. The zero-order valence-corrected chi connectivity index (χ0v) is 10.6. The van der Waals surface area contributed by atoms with Crippen molar-refractivity contribution in [1.82, 2.24) is 4.98 Å². The summed E-state index contributed by atoms with van der Waals surface area (Å²) in [6, 6.07) is 6.26. The maximum Gasteiger partial charge on any atom is 0.105 e. The zero-order chi connectivity index (χ0) is 12.7. The van der Waals surface area contributed by atoms with Crippen molar-refractivity contribution in [2.75, 3.05) is 0 Å². The van der Waals surface area contributed by atoms with E-state index in [-0.39, 0.29) is 0 Å². The number of hydrogen-bond acceptors (Lipinski definition) is 2. The zero-order valence-electron chi connectivity index (χ0n) is 10.6. The van der Waals surface area contributed by atoms with E-state index in [1.807, 2.05) is 13.1 Å². The van der Waals surface area contributed by atoms with E-state index in [1.54, 1.807) is 6.26 Å². The Morgan fingerprint density at radius 3 is 2.83 bits per heavy atom. The van der Waals surface area contributed by atoms with Crippen molar-refractivity contribution in [3.8, 4) is 11.1 Å². The molecular weight excluding hydrogens is 224 g/mol. The molecule has 0 amide bonds. The van der Waals surface area contributed by atoms with E-state index in [9.17, 15) is 0 Å². The van der Waals surface area contributed by atoms with Crippen molar-refractivity contribution < 1.29 is 4.42 Å². The number of benzene rings is 1. The van der Waals surface area contributed by atoms with Crippen LogP contribution >= 0.6 is 0 Å². The number of hydrogen-bond donors (Lipinski definition) is 2. The van der Waals surface area contributed by atoms with Crippen LogP contribution in [-0.2, 0) is 6.54 Å². The van der Waals surface area contributed by atoms with E-state index in [1.165, 1.54) is 16.5 Å². The van der Waals surface area contributed by atoms with Gasteiger partial charge in [0.2, 0.25) is 0 Å². The summed E-state index contributed by atoms with van der Waals surface area (Å²) in [5.41, 5.74) is 11.6. The first-order valence-electron chi connectivity index (χ1n) is 6.06. The van der Waals surface area contributed by atoms with Crippen LogP contribution < -0.4 is 5.73 Å². The molecule has 0 saturated heterocycles. The number of aromatic nitrogens is 1. The molecule has 0 unspecified atom stereocenters. The van der Waals surface area contributed by atoms with Gasteiger partial charge in [-0.2, -0.15) is 0 Å². The van der Waals surface area contributed by atoms with Gasteiger partial charge in [-0.25, -0.2) is 0 Å². The van der Waals surface area contributed by atoms with Crippen LogP contribution in [0.5, 0.6) is 0 Å². The average Bonchev–Trinajstić information content (AvgIpc) is 2.93. The van der Waals surface area contributed by atoms with E-state index in [2.05, 4.69) is 30.1 Å². The van der Waals surface area contributed by atoms with E-state index >= 15 is 0 Å². The molecule has 2 aromatic heterocycles. The van der Waals surface area contributed by atoms with Crippen molar-refractivity contribution in [1.29, 1.82) is 0 Å². The number of nitrogens with one attached hydrogen (secondary N) is 1. The molecule has 3 rings (SSSR count). The lowest BCUT2D eigenvalue weighted by molar-refractivity contribution is 0.530. The van der Waals surface area contributed by atoms with Gasteiger partial charge in [-0.15, -0.1) is 0 Å². The monoisotopic (exact) mass is 240 g/mol. The van der Waals surface area contributed by atoms with Crippen LogP contribution in [0.4, 0.5) is 0 Å². The summed E-state index contributed by atoms with van der Waals surface area (Å²) in [6.07, 6.45) is 3.83. The molecule has 2 heterocycles. The lowest BCUT2D eigenvalue weighted by Gasteiger charge is -2.02. The topological polar surface area (TPSA) is 55.0 Å². The molecule has 0 atom stereocenters. The lowest BCUT2D eigenvalue weighted by atomic mass is 10.00. The van der Waals surface area contributed by atoms with Crippen LogP contribution in [0.3, 0.4) is 0 Å².